The monoisotopic (exact) mass is 355 g/mol. The minimum absolute atomic E-state index is 0.00826. The van der Waals surface area contributed by atoms with E-state index in [1.807, 2.05) is 4.90 Å². The van der Waals surface area contributed by atoms with Crippen molar-refractivity contribution in [1.29, 1.82) is 0 Å². The van der Waals surface area contributed by atoms with E-state index in [9.17, 15) is 9.18 Å². The minimum atomic E-state index is -0.507. The number of hydrogen-bond acceptors (Lipinski definition) is 3. The van der Waals surface area contributed by atoms with Gasteiger partial charge in [0, 0.05) is 37.2 Å². The SMILES string of the molecule is Nc1cc(C(=O)N2CCN(CC3CC3)CC2)c(Br)cc1F. The van der Waals surface area contributed by atoms with Gasteiger partial charge in [0.2, 0.25) is 0 Å². The van der Waals surface area contributed by atoms with Crippen molar-refractivity contribution >= 4 is 27.5 Å². The van der Waals surface area contributed by atoms with Gasteiger partial charge in [-0.15, -0.1) is 0 Å². The van der Waals surface area contributed by atoms with E-state index < -0.39 is 5.82 Å². The third kappa shape index (κ3) is 3.37. The molecule has 1 amide bonds. The van der Waals surface area contributed by atoms with Crippen molar-refractivity contribution in [2.45, 2.75) is 12.8 Å². The van der Waals surface area contributed by atoms with E-state index in [0.29, 0.717) is 10.0 Å². The van der Waals surface area contributed by atoms with E-state index in [2.05, 4.69) is 20.8 Å². The van der Waals surface area contributed by atoms with Gasteiger partial charge in [-0.25, -0.2) is 4.39 Å². The molecule has 114 valence electrons. The number of carbonyl (C=O) groups is 1. The van der Waals surface area contributed by atoms with Crippen LogP contribution in [0.1, 0.15) is 23.2 Å². The Balaban J connectivity index is 1.64. The maximum atomic E-state index is 13.4. The molecule has 0 atom stereocenters. The van der Waals surface area contributed by atoms with Crippen LogP contribution in [0.4, 0.5) is 10.1 Å². The standard InChI is InChI=1S/C15H19BrFN3O/c16-12-8-13(17)14(18)7-11(12)15(21)20-5-3-19(4-6-20)9-10-1-2-10/h7-8,10H,1-6,9,18H2. The van der Waals surface area contributed by atoms with Crippen molar-refractivity contribution in [2.24, 2.45) is 5.92 Å². The smallest absolute Gasteiger partial charge is 0.255 e. The Bertz CT molecular complexity index is 554. The average Bonchev–Trinajstić information content (AvgIpc) is 3.27. The summed E-state index contributed by atoms with van der Waals surface area (Å²) >= 11 is 3.25. The molecule has 3 rings (SSSR count). The molecule has 1 aromatic carbocycles. The molecule has 1 aliphatic heterocycles. The predicted octanol–water partition coefficient (Wildman–Crippen LogP) is 2.34. The Morgan fingerprint density at radius 1 is 1.29 bits per heavy atom. The second kappa shape index (κ2) is 5.93. The molecule has 2 N–H and O–H groups in total. The summed E-state index contributed by atoms with van der Waals surface area (Å²) in [7, 11) is 0. The van der Waals surface area contributed by atoms with E-state index in [0.717, 1.165) is 38.6 Å². The first-order valence-electron chi connectivity index (χ1n) is 7.30. The zero-order valence-electron chi connectivity index (χ0n) is 11.8. The predicted molar refractivity (Wildman–Crippen MR) is 83.6 cm³/mol. The summed E-state index contributed by atoms with van der Waals surface area (Å²) < 4.78 is 13.8. The normalized spacial score (nSPS) is 19.8. The fourth-order valence-corrected chi connectivity index (χ4v) is 3.18. The number of nitrogens with two attached hydrogens (primary N) is 1. The van der Waals surface area contributed by atoms with E-state index in [1.54, 1.807) is 0 Å². The molecule has 1 aliphatic carbocycles. The highest BCUT2D eigenvalue weighted by molar-refractivity contribution is 9.10. The van der Waals surface area contributed by atoms with Crippen molar-refractivity contribution in [3.05, 3.63) is 28.0 Å². The first-order valence-corrected chi connectivity index (χ1v) is 8.10. The number of anilines is 1. The molecule has 1 saturated carbocycles. The summed E-state index contributed by atoms with van der Waals surface area (Å²) in [5, 5.41) is 0. The Morgan fingerprint density at radius 3 is 2.57 bits per heavy atom. The van der Waals surface area contributed by atoms with Crippen molar-refractivity contribution < 1.29 is 9.18 Å². The second-order valence-electron chi connectivity index (χ2n) is 5.89. The lowest BCUT2D eigenvalue weighted by Gasteiger charge is -2.35. The zero-order valence-corrected chi connectivity index (χ0v) is 13.4. The van der Waals surface area contributed by atoms with Gasteiger partial charge in [-0.3, -0.25) is 9.69 Å². The molecule has 6 heteroatoms. The Kier molecular flexibility index (Phi) is 4.17. The number of hydrogen-bond donors (Lipinski definition) is 1. The molecule has 1 heterocycles. The Hall–Kier alpha value is -1.14. The van der Waals surface area contributed by atoms with Crippen LogP contribution in [0.5, 0.6) is 0 Å². The van der Waals surface area contributed by atoms with Gasteiger partial charge in [-0.1, -0.05) is 0 Å². The molecule has 4 nitrogen and oxygen atoms in total. The Morgan fingerprint density at radius 2 is 1.95 bits per heavy atom. The number of carbonyl (C=O) groups excluding carboxylic acids is 1. The van der Waals surface area contributed by atoms with Crippen LogP contribution >= 0.6 is 15.9 Å². The zero-order chi connectivity index (χ0) is 15.0. The van der Waals surface area contributed by atoms with Crippen LogP contribution in [-0.2, 0) is 0 Å². The van der Waals surface area contributed by atoms with E-state index in [-0.39, 0.29) is 11.6 Å². The van der Waals surface area contributed by atoms with Crippen LogP contribution in [-0.4, -0.2) is 48.4 Å². The fourth-order valence-electron chi connectivity index (χ4n) is 2.70. The minimum Gasteiger partial charge on any atom is -0.396 e. The van der Waals surface area contributed by atoms with Crippen LogP contribution in [0.25, 0.3) is 0 Å². The number of benzene rings is 1. The van der Waals surface area contributed by atoms with Gasteiger partial charge in [0.05, 0.1) is 11.3 Å². The first kappa shape index (κ1) is 14.8. The highest BCUT2D eigenvalue weighted by atomic mass is 79.9. The molecular formula is C15H19BrFN3O. The molecule has 2 fully saturated rings. The molecule has 0 aromatic heterocycles. The quantitative estimate of drug-likeness (QED) is 0.846. The van der Waals surface area contributed by atoms with E-state index >= 15 is 0 Å². The van der Waals surface area contributed by atoms with Crippen molar-refractivity contribution in [1.82, 2.24) is 9.80 Å². The highest BCUT2D eigenvalue weighted by Crippen LogP contribution is 2.30. The number of amides is 1. The summed E-state index contributed by atoms with van der Waals surface area (Å²) in [5.41, 5.74) is 6.01. The lowest BCUT2D eigenvalue weighted by Crippen LogP contribution is -2.49. The summed E-state index contributed by atoms with van der Waals surface area (Å²) in [6, 6.07) is 2.67. The molecular weight excluding hydrogens is 337 g/mol. The average molecular weight is 356 g/mol. The molecule has 2 aliphatic rings. The molecule has 0 radical (unpaired) electrons. The molecule has 0 unspecified atom stereocenters. The van der Waals surface area contributed by atoms with E-state index in [4.69, 9.17) is 5.73 Å². The lowest BCUT2D eigenvalue weighted by molar-refractivity contribution is 0.0631. The second-order valence-corrected chi connectivity index (χ2v) is 6.74. The lowest BCUT2D eigenvalue weighted by atomic mass is 10.1. The molecule has 21 heavy (non-hydrogen) atoms. The van der Waals surface area contributed by atoms with Gasteiger partial charge >= 0.3 is 0 Å². The van der Waals surface area contributed by atoms with Crippen LogP contribution in [0.15, 0.2) is 16.6 Å². The number of nitrogen functional groups attached to an aromatic ring is 1. The van der Waals surface area contributed by atoms with Crippen LogP contribution in [0, 0.1) is 11.7 Å². The summed E-state index contributed by atoms with van der Waals surface area (Å²) in [5.74, 6) is 0.283. The van der Waals surface area contributed by atoms with Crippen LogP contribution < -0.4 is 5.73 Å². The molecule has 0 spiro atoms. The van der Waals surface area contributed by atoms with Gasteiger partial charge < -0.3 is 10.6 Å². The number of rotatable bonds is 3. The maximum Gasteiger partial charge on any atom is 0.255 e. The largest absolute Gasteiger partial charge is 0.396 e. The molecule has 1 aromatic rings. The summed E-state index contributed by atoms with van der Waals surface area (Å²) in [4.78, 5) is 16.8. The van der Waals surface area contributed by atoms with Gasteiger partial charge in [-0.2, -0.15) is 0 Å². The third-order valence-corrected chi connectivity index (χ3v) is 4.85. The van der Waals surface area contributed by atoms with Gasteiger partial charge in [0.25, 0.3) is 5.91 Å². The van der Waals surface area contributed by atoms with E-state index in [1.165, 1.54) is 25.0 Å². The molecule has 0 bridgehead atoms. The first-order chi connectivity index (χ1) is 10.0. The maximum absolute atomic E-state index is 13.4. The number of nitrogens with zero attached hydrogens (tertiary/aromatic N) is 2. The van der Waals surface area contributed by atoms with Crippen molar-refractivity contribution in [3.8, 4) is 0 Å². The van der Waals surface area contributed by atoms with Crippen LogP contribution in [0.2, 0.25) is 0 Å². The van der Waals surface area contributed by atoms with Gasteiger partial charge in [0.1, 0.15) is 5.82 Å². The van der Waals surface area contributed by atoms with Crippen molar-refractivity contribution in [3.63, 3.8) is 0 Å². The third-order valence-electron chi connectivity index (χ3n) is 4.19. The topological polar surface area (TPSA) is 49.6 Å². The van der Waals surface area contributed by atoms with Gasteiger partial charge in [-0.05, 0) is 46.8 Å². The summed E-state index contributed by atoms with van der Waals surface area (Å²) in [6.07, 6.45) is 2.70. The number of piperazine rings is 1. The highest BCUT2D eigenvalue weighted by Gasteiger charge is 2.28. The van der Waals surface area contributed by atoms with Crippen LogP contribution in [0.3, 0.4) is 0 Å². The number of halogens is 2. The summed E-state index contributed by atoms with van der Waals surface area (Å²) in [6.45, 7) is 4.42. The van der Waals surface area contributed by atoms with Gasteiger partial charge in [0.15, 0.2) is 0 Å². The molecule has 1 saturated heterocycles. The fraction of sp³-hybridized carbons (Fsp3) is 0.533. The Labute approximate surface area is 132 Å². The van der Waals surface area contributed by atoms with Crippen molar-refractivity contribution in [2.75, 3.05) is 38.5 Å².